The fraction of sp³-hybridized carbons (Fsp3) is 0.800. The molecule has 0 saturated carbocycles. The Morgan fingerprint density at radius 2 is 2.24 bits per heavy atom. The number of thioether (sulfide) groups is 1. The van der Waals surface area contributed by atoms with E-state index in [2.05, 4.69) is 0 Å². The molecular formula is C10H18N2O4S. The first-order valence-electron chi connectivity index (χ1n) is 5.58. The quantitative estimate of drug-likeness (QED) is 0.741. The minimum Gasteiger partial charge on any atom is -0.480 e. The summed E-state index contributed by atoms with van der Waals surface area (Å²) < 4.78 is 0. The number of carbonyl (C=O) groups excluding carboxylic acids is 1. The number of likely N-dealkylation sites (N-methyl/N-ethyl adjacent to an activating group) is 1. The van der Waals surface area contributed by atoms with Crippen molar-refractivity contribution in [3.8, 4) is 0 Å². The number of urea groups is 1. The van der Waals surface area contributed by atoms with Crippen molar-refractivity contribution in [2.24, 2.45) is 0 Å². The van der Waals surface area contributed by atoms with Crippen molar-refractivity contribution in [3.05, 3.63) is 0 Å². The van der Waals surface area contributed by atoms with Gasteiger partial charge in [0.15, 0.2) is 0 Å². The van der Waals surface area contributed by atoms with E-state index in [9.17, 15) is 9.59 Å². The lowest BCUT2D eigenvalue weighted by atomic mass is 10.3. The summed E-state index contributed by atoms with van der Waals surface area (Å²) in [5, 5.41) is 17.9. The summed E-state index contributed by atoms with van der Waals surface area (Å²) in [6.07, 6.45) is 0. The van der Waals surface area contributed by atoms with Gasteiger partial charge in [0.1, 0.15) is 6.04 Å². The molecule has 2 N–H and O–H groups in total. The highest BCUT2D eigenvalue weighted by atomic mass is 32.2. The maximum Gasteiger partial charge on any atom is 0.327 e. The predicted molar refractivity (Wildman–Crippen MR) is 65.2 cm³/mol. The molecule has 1 saturated heterocycles. The SMILES string of the molecule is CCN(CCO)C(=O)N1CCSCC1C(=O)O. The van der Waals surface area contributed by atoms with Gasteiger partial charge in [-0.25, -0.2) is 9.59 Å². The van der Waals surface area contributed by atoms with Gasteiger partial charge in [-0.2, -0.15) is 11.8 Å². The number of rotatable bonds is 4. The van der Waals surface area contributed by atoms with E-state index in [1.807, 2.05) is 6.92 Å². The molecule has 6 nitrogen and oxygen atoms in total. The number of amides is 2. The minimum atomic E-state index is -0.967. The smallest absolute Gasteiger partial charge is 0.327 e. The van der Waals surface area contributed by atoms with Crippen LogP contribution >= 0.6 is 11.8 Å². The van der Waals surface area contributed by atoms with E-state index >= 15 is 0 Å². The Balaban J connectivity index is 2.73. The zero-order valence-corrected chi connectivity index (χ0v) is 10.7. The number of carboxylic acids is 1. The number of nitrogens with zero attached hydrogens (tertiary/aromatic N) is 2. The average molecular weight is 262 g/mol. The number of hydrogen-bond donors (Lipinski definition) is 2. The van der Waals surface area contributed by atoms with Crippen molar-refractivity contribution in [2.75, 3.05) is 37.7 Å². The van der Waals surface area contributed by atoms with Crippen molar-refractivity contribution in [3.63, 3.8) is 0 Å². The standard InChI is InChI=1S/C10H18N2O4S/c1-2-11(3-5-13)10(16)12-4-6-17-7-8(12)9(14)15/h8,13H,2-7H2,1H3,(H,14,15). The molecule has 1 aliphatic rings. The van der Waals surface area contributed by atoms with Crippen molar-refractivity contribution in [1.29, 1.82) is 0 Å². The molecule has 0 aromatic carbocycles. The molecule has 0 aromatic rings. The molecular weight excluding hydrogens is 244 g/mol. The summed E-state index contributed by atoms with van der Waals surface area (Å²) in [6.45, 7) is 2.85. The zero-order valence-electron chi connectivity index (χ0n) is 9.83. The highest BCUT2D eigenvalue weighted by Gasteiger charge is 2.34. The summed E-state index contributed by atoms with van der Waals surface area (Å²) in [4.78, 5) is 26.0. The molecule has 17 heavy (non-hydrogen) atoms. The Bertz CT molecular complexity index is 287. The molecule has 1 unspecified atom stereocenters. The minimum absolute atomic E-state index is 0.111. The lowest BCUT2D eigenvalue weighted by Crippen LogP contribution is -2.55. The van der Waals surface area contributed by atoms with E-state index in [0.29, 0.717) is 18.8 Å². The van der Waals surface area contributed by atoms with Crippen LogP contribution in [-0.4, -0.2) is 75.8 Å². The lowest BCUT2D eigenvalue weighted by molar-refractivity contribution is -0.141. The highest BCUT2D eigenvalue weighted by Crippen LogP contribution is 2.18. The topological polar surface area (TPSA) is 81.1 Å². The van der Waals surface area contributed by atoms with Gasteiger partial charge in [-0.1, -0.05) is 0 Å². The first kappa shape index (κ1) is 14.1. The van der Waals surface area contributed by atoms with E-state index in [0.717, 1.165) is 5.75 Å². The molecule has 0 aromatic heterocycles. The number of aliphatic hydroxyl groups excluding tert-OH is 1. The molecule has 0 spiro atoms. The third-order valence-electron chi connectivity index (χ3n) is 2.68. The van der Waals surface area contributed by atoms with E-state index in [4.69, 9.17) is 10.2 Å². The fourth-order valence-corrected chi connectivity index (χ4v) is 2.77. The molecule has 0 radical (unpaired) electrons. The first-order valence-corrected chi connectivity index (χ1v) is 6.74. The van der Waals surface area contributed by atoms with E-state index in [-0.39, 0.29) is 19.2 Å². The van der Waals surface area contributed by atoms with Gasteiger partial charge in [0, 0.05) is 31.1 Å². The molecule has 1 atom stereocenters. The van der Waals surface area contributed by atoms with Crippen molar-refractivity contribution in [1.82, 2.24) is 9.80 Å². The molecule has 1 rings (SSSR count). The van der Waals surface area contributed by atoms with E-state index in [1.54, 1.807) is 11.8 Å². The third-order valence-corrected chi connectivity index (χ3v) is 3.70. The monoisotopic (exact) mass is 262 g/mol. The molecule has 7 heteroatoms. The Labute approximate surface area is 105 Å². The van der Waals surface area contributed by atoms with Gasteiger partial charge in [0.25, 0.3) is 0 Å². The normalized spacial score (nSPS) is 20.1. The van der Waals surface area contributed by atoms with Crippen LogP contribution in [0.25, 0.3) is 0 Å². The largest absolute Gasteiger partial charge is 0.480 e. The van der Waals surface area contributed by atoms with Gasteiger partial charge in [0.05, 0.1) is 6.61 Å². The van der Waals surface area contributed by atoms with Crippen molar-refractivity contribution in [2.45, 2.75) is 13.0 Å². The maximum atomic E-state index is 12.1. The van der Waals surface area contributed by atoms with Crippen LogP contribution in [-0.2, 0) is 4.79 Å². The molecule has 1 aliphatic heterocycles. The first-order chi connectivity index (χ1) is 8.11. The fourth-order valence-electron chi connectivity index (χ4n) is 1.73. The maximum absolute atomic E-state index is 12.1. The van der Waals surface area contributed by atoms with Gasteiger partial charge < -0.3 is 20.0 Å². The van der Waals surface area contributed by atoms with Crippen LogP contribution in [0.3, 0.4) is 0 Å². The Kier molecular flexibility index (Phi) is 5.57. The highest BCUT2D eigenvalue weighted by molar-refractivity contribution is 7.99. The van der Waals surface area contributed by atoms with Crippen LogP contribution in [0, 0.1) is 0 Å². The van der Waals surface area contributed by atoms with Crippen LogP contribution in [0.15, 0.2) is 0 Å². The average Bonchev–Trinajstić information content (AvgIpc) is 2.35. The van der Waals surface area contributed by atoms with E-state index in [1.165, 1.54) is 9.80 Å². The Morgan fingerprint density at radius 3 is 2.76 bits per heavy atom. The Morgan fingerprint density at radius 1 is 1.53 bits per heavy atom. The zero-order chi connectivity index (χ0) is 12.8. The van der Waals surface area contributed by atoms with Crippen LogP contribution in [0.1, 0.15) is 6.92 Å². The number of hydrogen-bond acceptors (Lipinski definition) is 4. The van der Waals surface area contributed by atoms with Crippen molar-refractivity contribution >= 4 is 23.8 Å². The van der Waals surface area contributed by atoms with Crippen LogP contribution in [0.4, 0.5) is 4.79 Å². The number of aliphatic hydroxyl groups is 1. The summed E-state index contributed by atoms with van der Waals surface area (Å²) in [7, 11) is 0. The summed E-state index contributed by atoms with van der Waals surface area (Å²) in [5.74, 6) is 0.217. The van der Waals surface area contributed by atoms with Crippen LogP contribution < -0.4 is 0 Å². The second-order valence-corrected chi connectivity index (χ2v) is 4.86. The third kappa shape index (κ3) is 3.50. The number of carbonyl (C=O) groups is 2. The predicted octanol–water partition coefficient (Wildman–Crippen LogP) is -0.0774. The molecule has 1 heterocycles. The van der Waals surface area contributed by atoms with Crippen LogP contribution in [0.2, 0.25) is 0 Å². The number of carboxylic acid groups (broad SMARTS) is 1. The van der Waals surface area contributed by atoms with Gasteiger partial charge in [0.2, 0.25) is 0 Å². The summed E-state index contributed by atoms with van der Waals surface area (Å²) >= 11 is 1.54. The lowest BCUT2D eigenvalue weighted by Gasteiger charge is -2.36. The summed E-state index contributed by atoms with van der Waals surface area (Å²) in [5.41, 5.74) is 0. The van der Waals surface area contributed by atoms with Gasteiger partial charge >= 0.3 is 12.0 Å². The second kappa shape index (κ2) is 6.70. The molecule has 0 bridgehead atoms. The molecule has 2 amide bonds. The van der Waals surface area contributed by atoms with Crippen molar-refractivity contribution < 1.29 is 19.8 Å². The Hall–Kier alpha value is -0.950. The molecule has 0 aliphatic carbocycles. The van der Waals surface area contributed by atoms with Gasteiger partial charge in [-0.05, 0) is 6.92 Å². The summed E-state index contributed by atoms with van der Waals surface area (Å²) in [6, 6.07) is -1.05. The molecule has 98 valence electrons. The van der Waals surface area contributed by atoms with Gasteiger partial charge in [-0.3, -0.25) is 0 Å². The van der Waals surface area contributed by atoms with E-state index < -0.39 is 12.0 Å². The second-order valence-electron chi connectivity index (χ2n) is 3.71. The van der Waals surface area contributed by atoms with Gasteiger partial charge in [-0.15, -0.1) is 0 Å². The number of aliphatic carboxylic acids is 1. The molecule has 1 fully saturated rings. The van der Waals surface area contributed by atoms with Crippen LogP contribution in [0.5, 0.6) is 0 Å².